The highest BCUT2D eigenvalue weighted by molar-refractivity contribution is 5.94. The molecule has 0 heterocycles. The second-order valence-electron chi connectivity index (χ2n) is 5.60. The minimum atomic E-state index is -0.834. The second-order valence-corrected chi connectivity index (χ2v) is 5.60. The molecule has 2 unspecified atom stereocenters. The highest BCUT2D eigenvalue weighted by Crippen LogP contribution is 2.15. The summed E-state index contributed by atoms with van der Waals surface area (Å²) in [4.78, 5) is 12.1. The number of hydrogen-bond acceptors (Lipinski definition) is 2. The fourth-order valence-electron chi connectivity index (χ4n) is 2.23. The molecule has 2 rings (SSSR count). The van der Waals surface area contributed by atoms with Crippen molar-refractivity contribution in [2.24, 2.45) is 0 Å². The largest absolute Gasteiger partial charge is 0.391 e. The van der Waals surface area contributed by atoms with E-state index in [2.05, 4.69) is 5.32 Å². The summed E-state index contributed by atoms with van der Waals surface area (Å²) in [5, 5.41) is 12.7. The Morgan fingerprint density at radius 1 is 1.17 bits per heavy atom. The average Bonchev–Trinajstić information content (AvgIpc) is 2.51. The molecule has 0 saturated carbocycles. The number of aryl methyl sites for hydroxylation is 1. The summed E-state index contributed by atoms with van der Waals surface area (Å²) in [7, 11) is 0. The van der Waals surface area contributed by atoms with Crippen molar-refractivity contribution in [1.29, 1.82) is 0 Å². The van der Waals surface area contributed by atoms with E-state index < -0.39 is 29.7 Å². The van der Waals surface area contributed by atoms with Gasteiger partial charge in [-0.05, 0) is 37.1 Å². The summed E-state index contributed by atoms with van der Waals surface area (Å²) < 4.78 is 27.3. The second kappa shape index (κ2) is 7.33. The van der Waals surface area contributed by atoms with E-state index in [4.69, 9.17) is 0 Å². The maximum atomic E-state index is 13.8. The van der Waals surface area contributed by atoms with Gasteiger partial charge in [0.1, 0.15) is 11.6 Å². The van der Waals surface area contributed by atoms with Gasteiger partial charge in [0.2, 0.25) is 0 Å². The average molecular weight is 319 g/mol. The van der Waals surface area contributed by atoms with Crippen LogP contribution in [-0.4, -0.2) is 23.2 Å². The Morgan fingerprint density at radius 3 is 2.48 bits per heavy atom. The predicted molar refractivity (Wildman–Crippen MR) is 84.2 cm³/mol. The first kappa shape index (κ1) is 17.1. The smallest absolute Gasteiger partial charge is 0.254 e. The number of rotatable bonds is 5. The van der Waals surface area contributed by atoms with Crippen LogP contribution in [0.2, 0.25) is 0 Å². The Morgan fingerprint density at radius 2 is 1.83 bits per heavy atom. The van der Waals surface area contributed by atoms with Crippen molar-refractivity contribution in [3.8, 4) is 0 Å². The molecule has 1 amide bonds. The summed E-state index contributed by atoms with van der Waals surface area (Å²) in [6.07, 6.45) is -0.479. The minimum Gasteiger partial charge on any atom is -0.391 e. The molecule has 5 heteroatoms. The Labute approximate surface area is 134 Å². The van der Waals surface area contributed by atoms with Crippen molar-refractivity contribution < 1.29 is 18.7 Å². The van der Waals surface area contributed by atoms with E-state index in [0.717, 1.165) is 17.7 Å². The topological polar surface area (TPSA) is 49.3 Å². The number of benzene rings is 2. The molecule has 2 aromatic carbocycles. The highest BCUT2D eigenvalue weighted by atomic mass is 19.1. The standard InChI is InChI=1S/C18H19F2NO2/c1-11-8-16(20)14(10-15(11)19)18(23)21-12(2)17(22)9-13-6-4-3-5-7-13/h3-8,10,12,17,22H,9H2,1-2H3,(H,21,23). The molecule has 0 spiro atoms. The Bertz CT molecular complexity index is 689. The first-order valence-electron chi connectivity index (χ1n) is 7.37. The van der Waals surface area contributed by atoms with Crippen LogP contribution in [0.3, 0.4) is 0 Å². The highest BCUT2D eigenvalue weighted by Gasteiger charge is 2.20. The van der Waals surface area contributed by atoms with Gasteiger partial charge >= 0.3 is 0 Å². The van der Waals surface area contributed by atoms with E-state index in [1.165, 1.54) is 6.92 Å². The summed E-state index contributed by atoms with van der Waals surface area (Å²) in [5.41, 5.74) is 0.691. The number of amides is 1. The van der Waals surface area contributed by atoms with Gasteiger partial charge in [-0.15, -0.1) is 0 Å². The lowest BCUT2D eigenvalue weighted by molar-refractivity contribution is 0.0847. The van der Waals surface area contributed by atoms with Crippen molar-refractivity contribution >= 4 is 5.91 Å². The molecular weight excluding hydrogens is 300 g/mol. The lowest BCUT2D eigenvalue weighted by Gasteiger charge is -2.20. The molecule has 122 valence electrons. The number of carbonyl (C=O) groups excluding carboxylic acids is 1. The zero-order valence-electron chi connectivity index (χ0n) is 13.0. The van der Waals surface area contributed by atoms with E-state index in [-0.39, 0.29) is 11.1 Å². The van der Waals surface area contributed by atoms with Crippen LogP contribution >= 0.6 is 0 Å². The molecule has 0 aliphatic rings. The van der Waals surface area contributed by atoms with Gasteiger partial charge in [-0.25, -0.2) is 8.78 Å². The lowest BCUT2D eigenvalue weighted by atomic mass is 10.0. The van der Waals surface area contributed by atoms with Gasteiger partial charge in [0.15, 0.2) is 0 Å². The van der Waals surface area contributed by atoms with Crippen LogP contribution in [-0.2, 0) is 6.42 Å². The predicted octanol–water partition coefficient (Wildman–Crippen LogP) is 3.00. The van der Waals surface area contributed by atoms with Gasteiger partial charge in [0.25, 0.3) is 5.91 Å². The Kier molecular flexibility index (Phi) is 5.45. The van der Waals surface area contributed by atoms with Crippen LogP contribution in [0.15, 0.2) is 42.5 Å². The first-order valence-corrected chi connectivity index (χ1v) is 7.37. The van der Waals surface area contributed by atoms with Crippen LogP contribution in [0.25, 0.3) is 0 Å². The summed E-state index contributed by atoms with van der Waals surface area (Å²) in [6.45, 7) is 3.04. The fourth-order valence-corrected chi connectivity index (χ4v) is 2.23. The molecule has 0 bridgehead atoms. The third kappa shape index (κ3) is 4.36. The molecule has 0 saturated heterocycles. The fraction of sp³-hybridized carbons (Fsp3) is 0.278. The monoisotopic (exact) mass is 319 g/mol. The normalized spacial score (nSPS) is 13.4. The molecule has 3 nitrogen and oxygen atoms in total. The molecule has 0 aliphatic heterocycles. The number of carbonyl (C=O) groups is 1. The number of nitrogens with one attached hydrogen (secondary N) is 1. The summed E-state index contributed by atoms with van der Waals surface area (Å²) in [6, 6.07) is 10.6. The first-order chi connectivity index (χ1) is 10.9. The van der Waals surface area contributed by atoms with E-state index >= 15 is 0 Å². The number of hydrogen-bond donors (Lipinski definition) is 2. The SMILES string of the molecule is Cc1cc(F)c(C(=O)NC(C)C(O)Cc2ccccc2)cc1F. The van der Waals surface area contributed by atoms with E-state index in [1.807, 2.05) is 30.3 Å². The van der Waals surface area contributed by atoms with Gasteiger partial charge in [0, 0.05) is 6.42 Å². The van der Waals surface area contributed by atoms with Crippen LogP contribution in [0.1, 0.15) is 28.4 Å². The van der Waals surface area contributed by atoms with Crippen LogP contribution in [0.5, 0.6) is 0 Å². The van der Waals surface area contributed by atoms with Crippen molar-refractivity contribution in [3.63, 3.8) is 0 Å². The van der Waals surface area contributed by atoms with Crippen LogP contribution in [0, 0.1) is 18.6 Å². The summed E-state index contributed by atoms with van der Waals surface area (Å²) >= 11 is 0. The minimum absolute atomic E-state index is 0.135. The zero-order valence-corrected chi connectivity index (χ0v) is 13.0. The molecule has 2 atom stereocenters. The molecule has 2 aromatic rings. The molecule has 0 radical (unpaired) electrons. The maximum absolute atomic E-state index is 13.8. The molecule has 2 N–H and O–H groups in total. The molecule has 23 heavy (non-hydrogen) atoms. The van der Waals surface area contributed by atoms with Crippen LogP contribution < -0.4 is 5.32 Å². The third-order valence-electron chi connectivity index (χ3n) is 3.72. The van der Waals surface area contributed by atoms with Crippen molar-refractivity contribution in [2.45, 2.75) is 32.4 Å². The van der Waals surface area contributed by atoms with Crippen LogP contribution in [0.4, 0.5) is 8.78 Å². The quantitative estimate of drug-likeness (QED) is 0.890. The van der Waals surface area contributed by atoms with Gasteiger partial charge in [0.05, 0.1) is 17.7 Å². The molecular formula is C18H19F2NO2. The number of halogens is 2. The molecule has 0 fully saturated rings. The van der Waals surface area contributed by atoms with Gasteiger partial charge in [-0.1, -0.05) is 30.3 Å². The Hall–Kier alpha value is -2.27. The maximum Gasteiger partial charge on any atom is 0.254 e. The molecule has 0 aliphatic carbocycles. The third-order valence-corrected chi connectivity index (χ3v) is 3.72. The Balaban J connectivity index is 2.03. The summed E-state index contributed by atoms with van der Waals surface area (Å²) in [5.74, 6) is -2.18. The number of aliphatic hydroxyl groups is 1. The van der Waals surface area contributed by atoms with Gasteiger partial charge < -0.3 is 10.4 Å². The van der Waals surface area contributed by atoms with Crippen molar-refractivity contribution in [2.75, 3.05) is 0 Å². The van der Waals surface area contributed by atoms with Gasteiger partial charge in [-0.3, -0.25) is 4.79 Å². The van der Waals surface area contributed by atoms with Crippen molar-refractivity contribution in [3.05, 3.63) is 70.8 Å². The molecule has 0 aromatic heterocycles. The number of aliphatic hydroxyl groups excluding tert-OH is 1. The van der Waals surface area contributed by atoms with E-state index in [0.29, 0.717) is 6.42 Å². The van der Waals surface area contributed by atoms with Gasteiger partial charge in [-0.2, -0.15) is 0 Å². The van der Waals surface area contributed by atoms with E-state index in [1.54, 1.807) is 6.92 Å². The van der Waals surface area contributed by atoms with Crippen molar-refractivity contribution in [1.82, 2.24) is 5.32 Å². The van der Waals surface area contributed by atoms with E-state index in [9.17, 15) is 18.7 Å². The zero-order chi connectivity index (χ0) is 17.0. The lowest BCUT2D eigenvalue weighted by Crippen LogP contribution is -2.42.